The number of benzene rings is 1. The molecule has 1 amide bonds. The van der Waals surface area contributed by atoms with Crippen molar-refractivity contribution in [3.05, 3.63) is 47.7 Å². The summed E-state index contributed by atoms with van der Waals surface area (Å²) in [4.78, 5) is 12.9. The smallest absolute Gasteiger partial charge is 0.244 e. The van der Waals surface area contributed by atoms with E-state index in [-0.39, 0.29) is 10.8 Å². The molecule has 0 saturated carbocycles. The number of thioether (sulfide) groups is 1. The van der Waals surface area contributed by atoms with Gasteiger partial charge in [0.1, 0.15) is 0 Å². The number of sulfonamides is 1. The van der Waals surface area contributed by atoms with Gasteiger partial charge in [0.05, 0.1) is 10.1 Å². The summed E-state index contributed by atoms with van der Waals surface area (Å²) < 4.78 is 28.8. The van der Waals surface area contributed by atoms with Crippen LogP contribution in [0.25, 0.3) is 5.65 Å². The van der Waals surface area contributed by atoms with Crippen LogP contribution in [-0.4, -0.2) is 51.6 Å². The number of carbonyl (C=O) groups excluding carboxylic acids is 1. The maximum absolute atomic E-state index is 12.9. The number of hydrogen-bond acceptors (Lipinski definition) is 6. The van der Waals surface area contributed by atoms with E-state index in [1.54, 1.807) is 31.2 Å². The third-order valence-electron chi connectivity index (χ3n) is 5.70. The van der Waals surface area contributed by atoms with Crippen LogP contribution in [0.5, 0.6) is 0 Å². The molecule has 1 aliphatic carbocycles. The SMILES string of the molecule is CCN(CC)S(=O)(=O)c1ccc2nnc(SC(C)C(=O)Nc3ccc4c(c3)CCC4)n2c1. The standard InChI is InChI=1S/C22H27N5O3S2/c1-4-26(5-2)32(29,30)19-11-12-20-24-25-22(27(20)14-19)31-15(3)21(28)23-18-10-9-16-7-6-8-17(16)13-18/h9-15H,4-8H2,1-3H3,(H,23,28). The van der Waals surface area contributed by atoms with Crippen molar-refractivity contribution >= 4 is 39.0 Å². The van der Waals surface area contributed by atoms with Crippen molar-refractivity contribution in [3.8, 4) is 0 Å². The molecule has 0 saturated heterocycles. The summed E-state index contributed by atoms with van der Waals surface area (Å²) in [5.41, 5.74) is 3.98. The number of aryl methyl sites for hydroxylation is 2. The number of nitrogens with one attached hydrogen (secondary N) is 1. The van der Waals surface area contributed by atoms with Gasteiger partial charge in [0.15, 0.2) is 10.8 Å². The first-order valence-corrected chi connectivity index (χ1v) is 13.1. The zero-order valence-electron chi connectivity index (χ0n) is 18.4. The van der Waals surface area contributed by atoms with Crippen molar-refractivity contribution in [2.24, 2.45) is 0 Å². The van der Waals surface area contributed by atoms with Gasteiger partial charge in [-0.05, 0) is 61.6 Å². The maximum atomic E-state index is 12.9. The summed E-state index contributed by atoms with van der Waals surface area (Å²) >= 11 is 1.24. The van der Waals surface area contributed by atoms with E-state index in [0.717, 1.165) is 24.9 Å². The molecule has 0 aliphatic heterocycles. The summed E-state index contributed by atoms with van der Waals surface area (Å²) in [6, 6.07) is 9.24. The zero-order chi connectivity index (χ0) is 22.9. The molecule has 0 spiro atoms. The predicted octanol–water partition coefficient (Wildman–Crippen LogP) is 3.37. The number of anilines is 1. The van der Waals surface area contributed by atoms with Crippen molar-refractivity contribution in [2.75, 3.05) is 18.4 Å². The maximum Gasteiger partial charge on any atom is 0.244 e. The molecular weight excluding hydrogens is 446 g/mol. The van der Waals surface area contributed by atoms with Crippen LogP contribution < -0.4 is 5.32 Å². The highest BCUT2D eigenvalue weighted by molar-refractivity contribution is 8.00. The summed E-state index contributed by atoms with van der Waals surface area (Å²) in [5, 5.41) is 11.3. The number of pyridine rings is 1. The van der Waals surface area contributed by atoms with E-state index in [1.807, 2.05) is 6.07 Å². The van der Waals surface area contributed by atoms with Gasteiger partial charge in [-0.15, -0.1) is 10.2 Å². The number of nitrogens with zero attached hydrogens (tertiary/aromatic N) is 4. The Kier molecular flexibility index (Phi) is 6.55. The molecule has 0 fully saturated rings. The monoisotopic (exact) mass is 473 g/mol. The Morgan fingerprint density at radius 1 is 1.16 bits per heavy atom. The van der Waals surface area contributed by atoms with Crippen LogP contribution in [-0.2, 0) is 27.7 Å². The average Bonchev–Trinajstić information content (AvgIpc) is 3.40. The molecule has 0 radical (unpaired) electrons. The second kappa shape index (κ2) is 9.21. The second-order valence-electron chi connectivity index (χ2n) is 7.75. The highest BCUT2D eigenvalue weighted by Gasteiger charge is 2.24. The molecule has 2 heterocycles. The lowest BCUT2D eigenvalue weighted by atomic mass is 10.1. The van der Waals surface area contributed by atoms with E-state index in [0.29, 0.717) is 23.9 Å². The Hall–Kier alpha value is -2.43. The van der Waals surface area contributed by atoms with Crippen LogP contribution >= 0.6 is 11.8 Å². The Morgan fingerprint density at radius 3 is 2.66 bits per heavy atom. The molecule has 170 valence electrons. The van der Waals surface area contributed by atoms with Gasteiger partial charge >= 0.3 is 0 Å². The van der Waals surface area contributed by atoms with E-state index in [9.17, 15) is 13.2 Å². The number of amides is 1. The Balaban J connectivity index is 1.52. The summed E-state index contributed by atoms with van der Waals surface area (Å²) in [7, 11) is -3.61. The number of hydrogen-bond donors (Lipinski definition) is 1. The number of aromatic nitrogens is 3. The second-order valence-corrected chi connectivity index (χ2v) is 11.0. The fraction of sp³-hybridized carbons (Fsp3) is 0.409. The zero-order valence-corrected chi connectivity index (χ0v) is 20.0. The quantitative estimate of drug-likeness (QED) is 0.504. The van der Waals surface area contributed by atoms with Crippen LogP contribution in [0.1, 0.15) is 38.3 Å². The van der Waals surface area contributed by atoms with E-state index < -0.39 is 15.3 Å². The van der Waals surface area contributed by atoms with Crippen molar-refractivity contribution in [3.63, 3.8) is 0 Å². The van der Waals surface area contributed by atoms with E-state index in [4.69, 9.17) is 0 Å². The van der Waals surface area contributed by atoms with Crippen LogP contribution in [0, 0.1) is 0 Å². The van der Waals surface area contributed by atoms with Gasteiger partial charge in [-0.25, -0.2) is 8.42 Å². The molecule has 32 heavy (non-hydrogen) atoms. The molecular formula is C22H27N5O3S2. The molecule has 1 N–H and O–H groups in total. The average molecular weight is 474 g/mol. The molecule has 1 unspecified atom stereocenters. The van der Waals surface area contributed by atoms with Crippen LogP contribution in [0.2, 0.25) is 0 Å². The first-order chi connectivity index (χ1) is 15.3. The molecule has 4 rings (SSSR count). The highest BCUT2D eigenvalue weighted by atomic mass is 32.2. The molecule has 1 atom stereocenters. The largest absolute Gasteiger partial charge is 0.325 e. The van der Waals surface area contributed by atoms with Crippen LogP contribution in [0.3, 0.4) is 0 Å². The fourth-order valence-corrected chi connectivity index (χ4v) is 6.19. The third kappa shape index (κ3) is 4.39. The van der Waals surface area contributed by atoms with Gasteiger partial charge in [0.2, 0.25) is 15.9 Å². The van der Waals surface area contributed by atoms with Crippen molar-refractivity contribution in [1.29, 1.82) is 0 Å². The lowest BCUT2D eigenvalue weighted by molar-refractivity contribution is -0.115. The van der Waals surface area contributed by atoms with Gasteiger partial charge in [-0.1, -0.05) is 31.7 Å². The molecule has 1 aliphatic rings. The Labute approximate surface area is 192 Å². The predicted molar refractivity (Wildman–Crippen MR) is 126 cm³/mol. The third-order valence-corrected chi connectivity index (χ3v) is 8.79. The minimum absolute atomic E-state index is 0.142. The van der Waals surface area contributed by atoms with Crippen molar-refractivity contribution in [1.82, 2.24) is 18.9 Å². The molecule has 0 bridgehead atoms. The van der Waals surface area contributed by atoms with Gasteiger partial charge in [0.25, 0.3) is 0 Å². The molecule has 3 aromatic rings. The number of fused-ring (bicyclic) bond motifs is 2. The lowest BCUT2D eigenvalue weighted by Crippen LogP contribution is -2.30. The van der Waals surface area contributed by atoms with Crippen molar-refractivity contribution < 1.29 is 13.2 Å². The fourth-order valence-electron chi connectivity index (χ4n) is 3.90. The number of rotatable bonds is 8. The van der Waals surface area contributed by atoms with E-state index in [1.165, 1.54) is 39.5 Å². The van der Waals surface area contributed by atoms with Gasteiger partial charge in [-0.3, -0.25) is 9.20 Å². The van der Waals surface area contributed by atoms with E-state index >= 15 is 0 Å². The summed E-state index contributed by atoms with van der Waals surface area (Å²) in [5.74, 6) is -0.142. The summed E-state index contributed by atoms with van der Waals surface area (Å²) in [6.45, 7) is 6.19. The molecule has 2 aromatic heterocycles. The first-order valence-electron chi connectivity index (χ1n) is 10.8. The highest BCUT2D eigenvalue weighted by Crippen LogP contribution is 2.27. The normalized spacial score (nSPS) is 14.6. The Morgan fingerprint density at radius 2 is 1.91 bits per heavy atom. The topological polar surface area (TPSA) is 96.7 Å². The molecule has 1 aromatic carbocycles. The Bertz CT molecular complexity index is 1250. The first kappa shape index (κ1) is 22.8. The summed E-state index contributed by atoms with van der Waals surface area (Å²) in [6.07, 6.45) is 4.83. The van der Waals surface area contributed by atoms with Crippen molar-refractivity contribution in [2.45, 2.75) is 55.3 Å². The van der Waals surface area contributed by atoms with Gasteiger partial charge < -0.3 is 5.32 Å². The molecule has 8 nitrogen and oxygen atoms in total. The van der Waals surface area contributed by atoms with Crippen LogP contribution in [0.15, 0.2) is 46.6 Å². The van der Waals surface area contributed by atoms with Gasteiger partial charge in [0, 0.05) is 25.0 Å². The minimum Gasteiger partial charge on any atom is -0.325 e. The van der Waals surface area contributed by atoms with Crippen LogP contribution in [0.4, 0.5) is 5.69 Å². The molecule has 10 heteroatoms. The van der Waals surface area contributed by atoms with E-state index in [2.05, 4.69) is 27.6 Å². The number of carbonyl (C=O) groups is 1. The lowest BCUT2D eigenvalue weighted by Gasteiger charge is -2.18. The van der Waals surface area contributed by atoms with Gasteiger partial charge in [-0.2, -0.15) is 4.31 Å². The minimum atomic E-state index is -3.61.